The van der Waals surface area contributed by atoms with E-state index in [4.69, 9.17) is 11.6 Å². The number of hydrogen-bond acceptors (Lipinski definition) is 2. The normalized spacial score (nSPS) is 11.1. The van der Waals surface area contributed by atoms with Gasteiger partial charge >= 0.3 is 0 Å². The van der Waals surface area contributed by atoms with Crippen molar-refractivity contribution in [3.63, 3.8) is 0 Å². The Kier molecular flexibility index (Phi) is 3.05. The summed E-state index contributed by atoms with van der Waals surface area (Å²) in [5.41, 5.74) is 2.55. The molecule has 0 spiro atoms. The standard InChI is InChI=1S/C11H11ClS2/c1-7-3-8(5-12)11-9(4-7)10(13-2)6-14-11/h3-4,6H,5H2,1-2H3. The minimum atomic E-state index is 0.604. The number of thiophene rings is 1. The third-order valence-corrected chi connectivity index (χ3v) is 4.51. The summed E-state index contributed by atoms with van der Waals surface area (Å²) >= 11 is 9.52. The maximum Gasteiger partial charge on any atom is 0.0488 e. The molecule has 0 unspecified atom stereocenters. The van der Waals surface area contributed by atoms with Crippen LogP contribution in [-0.4, -0.2) is 6.26 Å². The van der Waals surface area contributed by atoms with Crippen LogP contribution in [0.2, 0.25) is 0 Å². The van der Waals surface area contributed by atoms with E-state index in [-0.39, 0.29) is 0 Å². The molecule has 0 bridgehead atoms. The Morgan fingerprint density at radius 3 is 2.86 bits per heavy atom. The van der Waals surface area contributed by atoms with Crippen LogP contribution in [-0.2, 0) is 5.88 Å². The zero-order chi connectivity index (χ0) is 10.1. The van der Waals surface area contributed by atoms with Crippen molar-refractivity contribution in [3.05, 3.63) is 28.6 Å². The molecule has 0 aliphatic heterocycles. The van der Waals surface area contributed by atoms with Crippen molar-refractivity contribution >= 4 is 44.8 Å². The SMILES string of the molecule is CSc1csc2c(CCl)cc(C)cc12. The number of thioether (sulfide) groups is 1. The average molecular weight is 243 g/mol. The molecular weight excluding hydrogens is 232 g/mol. The van der Waals surface area contributed by atoms with Crippen LogP contribution in [0.1, 0.15) is 11.1 Å². The Hall–Kier alpha value is -0.180. The van der Waals surface area contributed by atoms with Gasteiger partial charge in [0.1, 0.15) is 0 Å². The zero-order valence-corrected chi connectivity index (χ0v) is 10.5. The van der Waals surface area contributed by atoms with Gasteiger partial charge < -0.3 is 0 Å². The van der Waals surface area contributed by atoms with Gasteiger partial charge in [-0.15, -0.1) is 34.7 Å². The van der Waals surface area contributed by atoms with Crippen molar-refractivity contribution < 1.29 is 0 Å². The number of halogens is 1. The zero-order valence-electron chi connectivity index (χ0n) is 8.13. The van der Waals surface area contributed by atoms with Gasteiger partial charge in [0.15, 0.2) is 0 Å². The molecule has 0 aliphatic carbocycles. The van der Waals surface area contributed by atoms with E-state index in [2.05, 4.69) is 30.7 Å². The number of aryl methyl sites for hydroxylation is 1. The summed E-state index contributed by atoms with van der Waals surface area (Å²) < 4.78 is 1.34. The van der Waals surface area contributed by atoms with E-state index < -0.39 is 0 Å². The van der Waals surface area contributed by atoms with E-state index in [1.54, 1.807) is 23.1 Å². The van der Waals surface area contributed by atoms with Crippen LogP contribution in [0.5, 0.6) is 0 Å². The molecule has 1 heterocycles. The molecule has 74 valence electrons. The van der Waals surface area contributed by atoms with E-state index in [9.17, 15) is 0 Å². The minimum absolute atomic E-state index is 0.604. The molecule has 0 amide bonds. The lowest BCUT2D eigenvalue weighted by atomic mass is 10.1. The Morgan fingerprint density at radius 1 is 1.43 bits per heavy atom. The lowest BCUT2D eigenvalue weighted by molar-refractivity contribution is 1.39. The number of hydrogen-bond donors (Lipinski definition) is 0. The molecule has 0 fully saturated rings. The molecule has 0 atom stereocenters. The molecule has 0 saturated carbocycles. The van der Waals surface area contributed by atoms with Crippen molar-refractivity contribution in [2.24, 2.45) is 0 Å². The van der Waals surface area contributed by atoms with Gasteiger partial charge in [0.05, 0.1) is 0 Å². The summed E-state index contributed by atoms with van der Waals surface area (Å²) in [6.45, 7) is 2.12. The van der Waals surface area contributed by atoms with Gasteiger partial charge in [0.25, 0.3) is 0 Å². The summed E-state index contributed by atoms with van der Waals surface area (Å²) in [6, 6.07) is 4.42. The largest absolute Gasteiger partial charge is 0.142 e. The van der Waals surface area contributed by atoms with E-state index in [0.29, 0.717) is 5.88 Å². The summed E-state index contributed by atoms with van der Waals surface area (Å²) in [4.78, 5) is 1.36. The average Bonchev–Trinajstić information content (AvgIpc) is 2.59. The highest BCUT2D eigenvalue weighted by Gasteiger charge is 2.07. The Balaban J connectivity index is 2.76. The van der Waals surface area contributed by atoms with Gasteiger partial charge in [-0.2, -0.15) is 0 Å². The molecule has 0 nitrogen and oxygen atoms in total. The van der Waals surface area contributed by atoms with Gasteiger partial charge in [-0.25, -0.2) is 0 Å². The molecule has 2 rings (SSSR count). The van der Waals surface area contributed by atoms with E-state index in [1.165, 1.54) is 26.1 Å². The van der Waals surface area contributed by atoms with Gasteiger partial charge in [-0.05, 0) is 24.8 Å². The molecular formula is C11H11ClS2. The van der Waals surface area contributed by atoms with Crippen LogP contribution in [0.4, 0.5) is 0 Å². The lowest BCUT2D eigenvalue weighted by Gasteiger charge is -2.01. The third kappa shape index (κ3) is 1.67. The minimum Gasteiger partial charge on any atom is -0.142 e. The van der Waals surface area contributed by atoms with Crippen LogP contribution in [0.25, 0.3) is 10.1 Å². The molecule has 0 radical (unpaired) electrons. The van der Waals surface area contributed by atoms with Gasteiger partial charge in [-0.1, -0.05) is 11.6 Å². The highest BCUT2D eigenvalue weighted by atomic mass is 35.5. The molecule has 2 aromatic rings. The molecule has 0 saturated heterocycles. The first-order valence-corrected chi connectivity index (χ1v) is 7.01. The lowest BCUT2D eigenvalue weighted by Crippen LogP contribution is -1.81. The Bertz CT molecular complexity index is 460. The number of fused-ring (bicyclic) bond motifs is 1. The predicted molar refractivity (Wildman–Crippen MR) is 67.9 cm³/mol. The van der Waals surface area contributed by atoms with Crippen LogP contribution >= 0.6 is 34.7 Å². The van der Waals surface area contributed by atoms with Crippen molar-refractivity contribution in [1.29, 1.82) is 0 Å². The van der Waals surface area contributed by atoms with Crippen LogP contribution in [0.3, 0.4) is 0 Å². The second kappa shape index (κ2) is 4.13. The van der Waals surface area contributed by atoms with Crippen molar-refractivity contribution in [2.45, 2.75) is 17.7 Å². The first-order valence-electron chi connectivity index (χ1n) is 4.37. The number of alkyl halides is 1. The monoisotopic (exact) mass is 242 g/mol. The van der Waals surface area contributed by atoms with Crippen molar-refractivity contribution in [2.75, 3.05) is 6.26 Å². The topological polar surface area (TPSA) is 0 Å². The number of benzene rings is 1. The van der Waals surface area contributed by atoms with Crippen molar-refractivity contribution in [1.82, 2.24) is 0 Å². The molecule has 0 aliphatic rings. The summed E-state index contributed by atoms with van der Waals surface area (Å²) in [6.07, 6.45) is 2.12. The van der Waals surface area contributed by atoms with E-state index in [0.717, 1.165) is 0 Å². The Labute approximate surface area is 97.3 Å². The van der Waals surface area contributed by atoms with Gasteiger partial charge in [0, 0.05) is 26.2 Å². The second-order valence-electron chi connectivity index (χ2n) is 3.24. The molecule has 3 heteroatoms. The first kappa shape index (κ1) is 10.3. The fourth-order valence-electron chi connectivity index (χ4n) is 1.60. The van der Waals surface area contributed by atoms with Gasteiger partial charge in [0.2, 0.25) is 0 Å². The van der Waals surface area contributed by atoms with Crippen LogP contribution < -0.4 is 0 Å². The van der Waals surface area contributed by atoms with Crippen LogP contribution in [0.15, 0.2) is 22.4 Å². The highest BCUT2D eigenvalue weighted by Crippen LogP contribution is 2.35. The predicted octanol–water partition coefficient (Wildman–Crippen LogP) is 4.67. The maximum absolute atomic E-state index is 5.93. The number of rotatable bonds is 2. The summed E-state index contributed by atoms with van der Waals surface area (Å²) in [5.74, 6) is 0.604. The molecule has 1 aromatic heterocycles. The first-order chi connectivity index (χ1) is 6.76. The van der Waals surface area contributed by atoms with Crippen molar-refractivity contribution in [3.8, 4) is 0 Å². The molecule has 1 aromatic carbocycles. The Morgan fingerprint density at radius 2 is 2.21 bits per heavy atom. The molecule has 0 N–H and O–H groups in total. The fourth-order valence-corrected chi connectivity index (χ4v) is 3.80. The highest BCUT2D eigenvalue weighted by molar-refractivity contribution is 7.99. The second-order valence-corrected chi connectivity index (χ2v) is 5.23. The van der Waals surface area contributed by atoms with E-state index >= 15 is 0 Å². The molecule has 14 heavy (non-hydrogen) atoms. The van der Waals surface area contributed by atoms with Gasteiger partial charge in [-0.3, -0.25) is 0 Å². The van der Waals surface area contributed by atoms with E-state index in [1.807, 2.05) is 0 Å². The quantitative estimate of drug-likeness (QED) is 0.545. The van der Waals surface area contributed by atoms with Crippen LogP contribution in [0, 0.1) is 6.92 Å². The smallest absolute Gasteiger partial charge is 0.0488 e. The maximum atomic E-state index is 5.93. The fraction of sp³-hybridized carbons (Fsp3) is 0.273. The third-order valence-electron chi connectivity index (χ3n) is 2.22. The summed E-state index contributed by atoms with van der Waals surface area (Å²) in [7, 11) is 0. The summed E-state index contributed by atoms with van der Waals surface area (Å²) in [5, 5.41) is 3.57.